The summed E-state index contributed by atoms with van der Waals surface area (Å²) in [6, 6.07) is 0.512. The van der Waals surface area contributed by atoms with Crippen molar-refractivity contribution in [2.45, 2.75) is 13.0 Å². The molecule has 2 nitrogen and oxygen atoms in total. The van der Waals surface area contributed by atoms with E-state index in [4.69, 9.17) is 6.42 Å². The molecule has 0 rings (SSSR count). The Hall–Kier alpha value is -0.520. The van der Waals surface area contributed by atoms with Crippen molar-refractivity contribution in [1.29, 1.82) is 0 Å². The highest BCUT2D eigenvalue weighted by Gasteiger charge is 2.00. The Labute approximate surface area is 63.6 Å². The molecule has 0 saturated carbocycles. The van der Waals surface area contributed by atoms with Crippen molar-refractivity contribution < 1.29 is 0 Å². The lowest BCUT2D eigenvalue weighted by Crippen LogP contribution is -2.35. The van der Waals surface area contributed by atoms with Crippen molar-refractivity contribution in [1.82, 2.24) is 10.2 Å². The van der Waals surface area contributed by atoms with E-state index in [-0.39, 0.29) is 0 Å². The maximum absolute atomic E-state index is 5.13. The molecule has 0 heterocycles. The quantitative estimate of drug-likeness (QED) is 0.560. The summed E-state index contributed by atoms with van der Waals surface area (Å²) in [6.45, 7) is 3.86. The number of terminal acetylenes is 1. The lowest BCUT2D eigenvalue weighted by molar-refractivity contribution is 0.335. The molecular formula is C8H16N2. The molecule has 0 fully saturated rings. The van der Waals surface area contributed by atoms with Gasteiger partial charge in [-0.05, 0) is 21.0 Å². The molecule has 0 aliphatic rings. The molecule has 1 N–H and O–H groups in total. The van der Waals surface area contributed by atoms with Crippen LogP contribution in [0.25, 0.3) is 0 Å². The van der Waals surface area contributed by atoms with Gasteiger partial charge in [0.2, 0.25) is 0 Å². The van der Waals surface area contributed by atoms with Gasteiger partial charge in [-0.25, -0.2) is 0 Å². The molecular weight excluding hydrogens is 124 g/mol. The second kappa shape index (κ2) is 5.28. The van der Waals surface area contributed by atoms with Crippen LogP contribution < -0.4 is 5.32 Å². The van der Waals surface area contributed by atoms with Gasteiger partial charge in [0.15, 0.2) is 0 Å². The largest absolute Gasteiger partial charge is 0.316 e. The summed E-state index contributed by atoms with van der Waals surface area (Å²) in [5.41, 5.74) is 0. The number of nitrogens with zero attached hydrogens (tertiary/aromatic N) is 1. The summed E-state index contributed by atoms with van der Waals surface area (Å²) >= 11 is 0. The fourth-order valence-electron chi connectivity index (χ4n) is 0.779. The Bertz CT molecular complexity index is 115. The number of likely N-dealkylation sites (N-methyl/N-ethyl adjacent to an activating group) is 2. The molecule has 58 valence electrons. The summed E-state index contributed by atoms with van der Waals surface area (Å²) in [4.78, 5) is 2.11. The molecule has 0 aromatic heterocycles. The first-order valence-electron chi connectivity index (χ1n) is 3.50. The highest BCUT2D eigenvalue weighted by atomic mass is 15.1. The number of nitrogens with one attached hydrogen (secondary N) is 1. The normalized spacial score (nSPS) is 13.1. The summed E-state index contributed by atoms with van der Waals surface area (Å²) in [5.74, 6) is 2.60. The summed E-state index contributed by atoms with van der Waals surface area (Å²) in [6.07, 6.45) is 5.13. The first-order chi connectivity index (χ1) is 4.70. The number of hydrogen-bond donors (Lipinski definition) is 1. The van der Waals surface area contributed by atoms with Crippen molar-refractivity contribution in [3.63, 3.8) is 0 Å². The summed E-state index contributed by atoms with van der Waals surface area (Å²) in [7, 11) is 3.97. The third-order valence-electron chi connectivity index (χ3n) is 1.44. The maximum atomic E-state index is 5.13. The molecule has 0 amide bonds. The lowest BCUT2D eigenvalue weighted by Gasteiger charge is -2.17. The highest BCUT2D eigenvalue weighted by Crippen LogP contribution is 1.85. The second-order valence-electron chi connectivity index (χ2n) is 2.59. The van der Waals surface area contributed by atoms with Crippen LogP contribution in [0.1, 0.15) is 6.92 Å². The van der Waals surface area contributed by atoms with Crippen molar-refractivity contribution in [2.75, 3.05) is 27.2 Å². The van der Waals surface area contributed by atoms with Crippen LogP contribution >= 0.6 is 0 Å². The molecule has 0 bridgehead atoms. The molecule has 0 aliphatic carbocycles. The Morgan fingerprint density at radius 3 is 2.70 bits per heavy atom. The highest BCUT2D eigenvalue weighted by molar-refractivity contribution is 4.87. The predicted molar refractivity (Wildman–Crippen MR) is 44.9 cm³/mol. The van der Waals surface area contributed by atoms with E-state index in [1.54, 1.807) is 0 Å². The Balaban J connectivity index is 3.38. The van der Waals surface area contributed by atoms with E-state index < -0.39 is 0 Å². The Morgan fingerprint density at radius 2 is 2.30 bits per heavy atom. The van der Waals surface area contributed by atoms with Crippen LogP contribution in [-0.4, -0.2) is 38.1 Å². The van der Waals surface area contributed by atoms with Crippen molar-refractivity contribution in [3.8, 4) is 12.3 Å². The third-order valence-corrected chi connectivity index (χ3v) is 1.44. The molecule has 2 heteroatoms. The smallest absolute Gasteiger partial charge is 0.0596 e. The topological polar surface area (TPSA) is 15.3 Å². The van der Waals surface area contributed by atoms with E-state index in [1.807, 2.05) is 14.1 Å². The fourth-order valence-corrected chi connectivity index (χ4v) is 0.779. The lowest BCUT2D eigenvalue weighted by atomic mass is 10.3. The van der Waals surface area contributed by atoms with E-state index in [1.165, 1.54) is 0 Å². The standard InChI is InChI=1S/C8H16N2/c1-5-6-10(4)7-8(2)9-3/h1,8-9H,6-7H2,2-4H3. The van der Waals surface area contributed by atoms with E-state index in [0.717, 1.165) is 13.1 Å². The van der Waals surface area contributed by atoms with Gasteiger partial charge in [0.1, 0.15) is 0 Å². The van der Waals surface area contributed by atoms with E-state index >= 15 is 0 Å². The second-order valence-corrected chi connectivity index (χ2v) is 2.59. The monoisotopic (exact) mass is 140 g/mol. The molecule has 1 unspecified atom stereocenters. The average molecular weight is 140 g/mol. The van der Waals surface area contributed by atoms with Crippen LogP contribution in [0.5, 0.6) is 0 Å². The average Bonchev–Trinajstić information content (AvgIpc) is 1.88. The molecule has 10 heavy (non-hydrogen) atoms. The number of hydrogen-bond acceptors (Lipinski definition) is 2. The zero-order valence-corrected chi connectivity index (χ0v) is 7.02. The number of rotatable bonds is 4. The summed E-state index contributed by atoms with van der Waals surface area (Å²) in [5, 5.41) is 3.14. The van der Waals surface area contributed by atoms with Crippen molar-refractivity contribution >= 4 is 0 Å². The van der Waals surface area contributed by atoms with Gasteiger partial charge < -0.3 is 5.32 Å². The van der Waals surface area contributed by atoms with Gasteiger partial charge in [-0.1, -0.05) is 5.92 Å². The van der Waals surface area contributed by atoms with E-state index in [9.17, 15) is 0 Å². The fraction of sp³-hybridized carbons (Fsp3) is 0.750. The van der Waals surface area contributed by atoms with Gasteiger partial charge in [0.25, 0.3) is 0 Å². The molecule has 0 radical (unpaired) electrons. The predicted octanol–water partition coefficient (Wildman–Crippen LogP) is 0.159. The molecule has 0 aromatic carbocycles. The molecule has 1 atom stereocenters. The Kier molecular flexibility index (Phi) is 5.00. The van der Waals surface area contributed by atoms with Crippen LogP contribution in [-0.2, 0) is 0 Å². The zero-order valence-electron chi connectivity index (χ0n) is 7.02. The third kappa shape index (κ3) is 4.37. The molecule has 0 saturated heterocycles. The van der Waals surface area contributed by atoms with Gasteiger partial charge in [-0.15, -0.1) is 6.42 Å². The molecule has 0 aliphatic heterocycles. The molecule has 0 aromatic rings. The minimum atomic E-state index is 0.512. The van der Waals surface area contributed by atoms with Crippen molar-refractivity contribution in [2.24, 2.45) is 0 Å². The van der Waals surface area contributed by atoms with E-state index in [0.29, 0.717) is 6.04 Å². The van der Waals surface area contributed by atoms with Crippen LogP contribution in [0.4, 0.5) is 0 Å². The zero-order chi connectivity index (χ0) is 7.98. The maximum Gasteiger partial charge on any atom is 0.0596 e. The minimum Gasteiger partial charge on any atom is -0.316 e. The van der Waals surface area contributed by atoms with Gasteiger partial charge >= 0.3 is 0 Å². The summed E-state index contributed by atoms with van der Waals surface area (Å²) < 4.78 is 0. The van der Waals surface area contributed by atoms with Crippen LogP contribution in [0.3, 0.4) is 0 Å². The molecule has 0 spiro atoms. The van der Waals surface area contributed by atoms with Crippen LogP contribution in [0.15, 0.2) is 0 Å². The first-order valence-corrected chi connectivity index (χ1v) is 3.50. The van der Waals surface area contributed by atoms with Crippen molar-refractivity contribution in [3.05, 3.63) is 0 Å². The van der Waals surface area contributed by atoms with Gasteiger partial charge in [0.05, 0.1) is 6.54 Å². The first kappa shape index (κ1) is 9.48. The minimum absolute atomic E-state index is 0.512. The van der Waals surface area contributed by atoms with Crippen LogP contribution in [0, 0.1) is 12.3 Å². The van der Waals surface area contributed by atoms with Crippen LogP contribution in [0.2, 0.25) is 0 Å². The Morgan fingerprint density at radius 1 is 1.70 bits per heavy atom. The SMILES string of the molecule is C#CCN(C)CC(C)NC. The van der Waals surface area contributed by atoms with Gasteiger partial charge in [-0.2, -0.15) is 0 Å². The van der Waals surface area contributed by atoms with E-state index in [2.05, 4.69) is 23.1 Å². The van der Waals surface area contributed by atoms with Gasteiger partial charge in [0, 0.05) is 12.6 Å². The van der Waals surface area contributed by atoms with Gasteiger partial charge in [-0.3, -0.25) is 4.90 Å².